The molecule has 9 heteroatoms. The minimum Gasteiger partial charge on any atom is -0.384 e. The first-order valence-electron chi connectivity index (χ1n) is 10.1. The molecule has 0 radical (unpaired) electrons. The molecule has 166 valence electrons. The van der Waals surface area contributed by atoms with Gasteiger partial charge in [0.1, 0.15) is 5.82 Å². The van der Waals surface area contributed by atoms with Crippen LogP contribution in [0, 0.1) is 11.3 Å². The van der Waals surface area contributed by atoms with Gasteiger partial charge in [0.05, 0.1) is 28.8 Å². The number of rotatable bonds is 4. The molecule has 2 aliphatic rings. The minimum absolute atomic E-state index is 0.0523. The largest absolute Gasteiger partial charge is 0.418 e. The summed E-state index contributed by atoms with van der Waals surface area (Å²) in [5.74, 6) is -0.0517. The van der Waals surface area contributed by atoms with Crippen molar-refractivity contribution >= 4 is 34.6 Å². The molecule has 2 heterocycles. The zero-order valence-electron chi connectivity index (χ0n) is 17.2. The summed E-state index contributed by atoms with van der Waals surface area (Å²) in [5.41, 5.74) is 6.35. The van der Waals surface area contributed by atoms with Gasteiger partial charge in [0.2, 0.25) is 0 Å². The van der Waals surface area contributed by atoms with Gasteiger partial charge < -0.3 is 5.73 Å². The van der Waals surface area contributed by atoms with Gasteiger partial charge in [0, 0.05) is 27.5 Å². The molecular formula is C23H20F3N3OS2. The Hall–Kier alpha value is -2.70. The third-order valence-electron chi connectivity index (χ3n) is 5.58. The number of Topliss-reactive ketones (excluding diaryl/α,β-unsaturated/α-hetero) is 1. The number of thiophene rings is 1. The van der Waals surface area contributed by atoms with Crippen molar-refractivity contribution in [2.45, 2.75) is 43.2 Å². The van der Waals surface area contributed by atoms with E-state index in [1.165, 1.54) is 34.4 Å². The summed E-state index contributed by atoms with van der Waals surface area (Å²) in [4.78, 5) is 16.2. The van der Waals surface area contributed by atoms with Gasteiger partial charge in [0.15, 0.2) is 5.78 Å². The van der Waals surface area contributed by atoms with E-state index >= 15 is 0 Å². The first-order valence-corrected chi connectivity index (χ1v) is 12.0. The molecule has 32 heavy (non-hydrogen) atoms. The predicted molar refractivity (Wildman–Crippen MR) is 120 cm³/mol. The van der Waals surface area contributed by atoms with Crippen LogP contribution in [0.5, 0.6) is 0 Å². The Morgan fingerprint density at radius 1 is 1.28 bits per heavy atom. The van der Waals surface area contributed by atoms with Gasteiger partial charge in [-0.3, -0.25) is 9.69 Å². The molecule has 0 spiro atoms. The quantitative estimate of drug-likeness (QED) is 0.535. The summed E-state index contributed by atoms with van der Waals surface area (Å²) in [5, 5.41) is 11.9. The lowest BCUT2D eigenvalue weighted by molar-refractivity contribution is -0.137. The van der Waals surface area contributed by atoms with Gasteiger partial charge in [-0.15, -0.1) is 23.1 Å². The number of nitrogens with two attached hydrogens (primary N) is 1. The second-order valence-corrected chi connectivity index (χ2v) is 9.67. The van der Waals surface area contributed by atoms with Crippen LogP contribution in [0.15, 0.2) is 63.3 Å². The molecule has 0 saturated carbocycles. The van der Waals surface area contributed by atoms with E-state index in [4.69, 9.17) is 5.73 Å². The fourth-order valence-electron chi connectivity index (χ4n) is 4.33. The van der Waals surface area contributed by atoms with E-state index in [-0.39, 0.29) is 22.9 Å². The lowest BCUT2D eigenvalue weighted by atomic mass is 9.78. The van der Waals surface area contributed by atoms with Crippen molar-refractivity contribution in [2.75, 3.05) is 10.7 Å². The average molecular weight is 476 g/mol. The third kappa shape index (κ3) is 3.71. The molecule has 4 rings (SSSR count). The maximum absolute atomic E-state index is 13.8. The van der Waals surface area contributed by atoms with Crippen molar-refractivity contribution in [3.63, 3.8) is 0 Å². The number of alkyl halides is 3. The third-order valence-corrected chi connectivity index (χ3v) is 7.65. The molecule has 2 N–H and O–H groups in total. The number of benzene rings is 1. The number of nitrogens with zero attached hydrogens (tertiary/aromatic N) is 2. The molecule has 1 atom stereocenters. The van der Waals surface area contributed by atoms with Crippen molar-refractivity contribution in [1.82, 2.24) is 0 Å². The normalized spacial score (nSPS) is 19.3. The number of allylic oxidation sites excluding steroid dienone is 3. The molecule has 1 aromatic heterocycles. The van der Waals surface area contributed by atoms with Crippen molar-refractivity contribution in [3.05, 3.63) is 68.8 Å². The van der Waals surface area contributed by atoms with Crippen LogP contribution >= 0.6 is 23.1 Å². The van der Waals surface area contributed by atoms with Crippen molar-refractivity contribution in [2.24, 2.45) is 5.73 Å². The Kier molecular flexibility index (Phi) is 6.10. The Morgan fingerprint density at radius 3 is 2.72 bits per heavy atom. The van der Waals surface area contributed by atoms with Crippen LogP contribution in [0.4, 0.5) is 18.9 Å². The average Bonchev–Trinajstić information content (AvgIpc) is 3.20. The van der Waals surface area contributed by atoms with E-state index in [2.05, 4.69) is 6.07 Å². The fraction of sp³-hybridized carbons (Fsp3) is 0.304. The molecule has 4 nitrogen and oxygen atoms in total. The highest BCUT2D eigenvalue weighted by molar-refractivity contribution is 7.99. The van der Waals surface area contributed by atoms with Gasteiger partial charge in [0.25, 0.3) is 0 Å². The number of para-hydroxylation sites is 1. The lowest BCUT2D eigenvalue weighted by Gasteiger charge is -2.40. The van der Waals surface area contributed by atoms with Crippen molar-refractivity contribution < 1.29 is 18.0 Å². The van der Waals surface area contributed by atoms with Crippen LogP contribution in [0.25, 0.3) is 0 Å². The molecule has 1 aliphatic heterocycles. The number of hydrogen-bond donors (Lipinski definition) is 1. The van der Waals surface area contributed by atoms with Crippen molar-refractivity contribution in [1.29, 1.82) is 5.26 Å². The minimum atomic E-state index is -4.61. The van der Waals surface area contributed by atoms with Gasteiger partial charge in [-0.1, -0.05) is 19.1 Å². The zero-order chi connectivity index (χ0) is 23.0. The second kappa shape index (κ2) is 8.68. The molecule has 0 bridgehead atoms. The Morgan fingerprint density at radius 2 is 2.03 bits per heavy atom. The highest BCUT2D eigenvalue weighted by atomic mass is 32.2. The molecule has 1 aliphatic carbocycles. The maximum Gasteiger partial charge on any atom is 0.418 e. The van der Waals surface area contributed by atoms with Gasteiger partial charge in [-0.2, -0.15) is 18.4 Å². The Bertz CT molecular complexity index is 1170. The van der Waals surface area contributed by atoms with Gasteiger partial charge in [-0.25, -0.2) is 0 Å². The summed E-state index contributed by atoms with van der Waals surface area (Å²) < 4.78 is 41.4. The maximum atomic E-state index is 13.8. The van der Waals surface area contributed by atoms with E-state index in [1.807, 2.05) is 18.4 Å². The van der Waals surface area contributed by atoms with E-state index in [0.29, 0.717) is 30.5 Å². The highest BCUT2D eigenvalue weighted by Crippen LogP contribution is 2.51. The standard InChI is InChI=1S/C23H20F3N3OS2/c1-2-31-18-10-11-32-21(18)19-13(12-27)22(28)29(16-8-5-9-17(30)20(16)19)15-7-4-3-6-14(15)23(24,25)26/h3-4,6-7,10-11,19H,2,5,8-9,28H2,1H3. The summed E-state index contributed by atoms with van der Waals surface area (Å²) in [7, 11) is 0. The number of ketones is 1. The number of nitriles is 1. The Balaban J connectivity index is 2.00. The SMILES string of the molecule is CCSc1ccsc1C1C(C#N)=C(N)N(c2ccccc2C(F)(F)F)C2=C1C(=O)CCC2. The van der Waals surface area contributed by atoms with Gasteiger partial charge in [-0.05, 0) is 42.2 Å². The van der Waals surface area contributed by atoms with E-state index in [1.54, 1.807) is 11.8 Å². The summed E-state index contributed by atoms with van der Waals surface area (Å²) >= 11 is 3.03. The monoisotopic (exact) mass is 475 g/mol. The van der Waals surface area contributed by atoms with Crippen molar-refractivity contribution in [3.8, 4) is 6.07 Å². The highest BCUT2D eigenvalue weighted by Gasteiger charge is 2.44. The van der Waals surface area contributed by atoms with Crippen LogP contribution < -0.4 is 10.6 Å². The molecule has 0 amide bonds. The zero-order valence-corrected chi connectivity index (χ0v) is 18.8. The topological polar surface area (TPSA) is 70.1 Å². The fourth-order valence-corrected chi connectivity index (χ4v) is 6.38. The van der Waals surface area contributed by atoms with Crippen LogP contribution in [-0.4, -0.2) is 11.5 Å². The number of hydrogen-bond acceptors (Lipinski definition) is 6. The van der Waals surface area contributed by atoms with E-state index in [0.717, 1.165) is 21.6 Å². The Labute approximate surface area is 192 Å². The number of carbonyl (C=O) groups excluding carboxylic acids is 1. The number of thioether (sulfide) groups is 1. The van der Waals surface area contributed by atoms with Crippen LogP contribution in [-0.2, 0) is 11.0 Å². The smallest absolute Gasteiger partial charge is 0.384 e. The molecule has 2 aromatic rings. The molecule has 1 unspecified atom stereocenters. The number of anilines is 1. The van der Waals surface area contributed by atoms with E-state index in [9.17, 15) is 23.2 Å². The first kappa shape index (κ1) is 22.5. The molecule has 1 aromatic carbocycles. The lowest BCUT2D eigenvalue weighted by Crippen LogP contribution is -2.39. The number of carbonyl (C=O) groups is 1. The van der Waals surface area contributed by atoms with Gasteiger partial charge >= 0.3 is 6.18 Å². The van der Waals surface area contributed by atoms with Crippen LogP contribution in [0.3, 0.4) is 0 Å². The second-order valence-electron chi connectivity index (χ2n) is 7.41. The number of halogens is 3. The summed E-state index contributed by atoms with van der Waals surface area (Å²) in [6.07, 6.45) is -3.39. The molecule has 0 saturated heterocycles. The predicted octanol–water partition coefficient (Wildman–Crippen LogP) is 6.18. The van der Waals surface area contributed by atoms with Crippen LogP contribution in [0.1, 0.15) is 42.5 Å². The van der Waals surface area contributed by atoms with Crippen LogP contribution in [0.2, 0.25) is 0 Å². The van der Waals surface area contributed by atoms with E-state index < -0.39 is 17.7 Å². The summed E-state index contributed by atoms with van der Waals surface area (Å²) in [6, 6.07) is 9.18. The molecular weight excluding hydrogens is 455 g/mol. The molecule has 0 fully saturated rings. The first-order chi connectivity index (χ1) is 15.3. The summed E-state index contributed by atoms with van der Waals surface area (Å²) in [6.45, 7) is 2.01.